The second kappa shape index (κ2) is 9.46. The average molecular weight is 332 g/mol. The number of carbonyl (C=O) groups is 3. The van der Waals surface area contributed by atoms with Gasteiger partial charge in [0.05, 0.1) is 6.61 Å². The lowest BCUT2D eigenvalue weighted by Gasteiger charge is -2.40. The third kappa shape index (κ3) is 5.47. The van der Waals surface area contributed by atoms with Gasteiger partial charge in [0, 0.05) is 26.4 Å². The molecule has 0 aromatic rings. The summed E-state index contributed by atoms with van der Waals surface area (Å²) in [4.78, 5) is 34.9. The van der Waals surface area contributed by atoms with Gasteiger partial charge in [-0.1, -0.05) is 20.8 Å². The van der Waals surface area contributed by atoms with Crippen molar-refractivity contribution >= 4 is 17.9 Å². The zero-order valence-corrected chi connectivity index (χ0v) is 13.9. The van der Waals surface area contributed by atoms with Crippen LogP contribution in [-0.4, -0.2) is 56.2 Å². The van der Waals surface area contributed by atoms with Crippen molar-refractivity contribution in [3.63, 3.8) is 0 Å². The Balaban J connectivity index is 2.99. The molecule has 1 fully saturated rings. The number of hydrogen-bond acceptors (Lipinski definition) is 8. The molecule has 0 saturated carbocycles. The Kier molecular flexibility index (Phi) is 7.97. The second-order valence-corrected chi connectivity index (χ2v) is 4.94. The van der Waals surface area contributed by atoms with E-state index < -0.39 is 42.5 Å². The van der Waals surface area contributed by atoms with Gasteiger partial charge in [-0.15, -0.1) is 0 Å². The van der Waals surface area contributed by atoms with Gasteiger partial charge in [0.25, 0.3) is 0 Å². The topological polar surface area (TPSA) is 97.4 Å². The van der Waals surface area contributed by atoms with E-state index in [1.807, 2.05) is 0 Å². The summed E-state index contributed by atoms with van der Waals surface area (Å²) in [6.45, 7) is 4.89. The predicted octanol–water partition coefficient (Wildman–Crippen LogP) is 0.954. The first-order valence-electron chi connectivity index (χ1n) is 7.69. The van der Waals surface area contributed by atoms with E-state index in [4.69, 9.17) is 23.7 Å². The third-order valence-corrected chi connectivity index (χ3v) is 3.30. The van der Waals surface area contributed by atoms with E-state index in [9.17, 15) is 14.4 Å². The Labute approximate surface area is 135 Å². The molecule has 8 nitrogen and oxygen atoms in total. The molecule has 1 heterocycles. The molecule has 0 bridgehead atoms. The molecule has 0 radical (unpaired) electrons. The molecule has 23 heavy (non-hydrogen) atoms. The maximum absolute atomic E-state index is 11.7. The van der Waals surface area contributed by atoms with Crippen molar-refractivity contribution in [3.05, 3.63) is 0 Å². The largest absolute Gasteiger partial charge is 0.456 e. The monoisotopic (exact) mass is 332 g/mol. The van der Waals surface area contributed by atoms with Gasteiger partial charge < -0.3 is 23.7 Å². The van der Waals surface area contributed by atoms with Crippen LogP contribution in [0.5, 0.6) is 0 Å². The standard InChI is InChI=1S/C15H24O8/c1-5-10(16)21-9-8-20-15(19-4)14(23-12(18)7-3)13(9)22-11(17)6-2/h9,13-15H,5-8H2,1-4H3/t9-,13-,14-,15-/m1/s1. The predicted molar refractivity (Wildman–Crippen MR) is 77.3 cm³/mol. The summed E-state index contributed by atoms with van der Waals surface area (Å²) in [5.41, 5.74) is 0. The van der Waals surface area contributed by atoms with Gasteiger partial charge in [0.1, 0.15) is 0 Å². The second-order valence-electron chi connectivity index (χ2n) is 4.94. The summed E-state index contributed by atoms with van der Waals surface area (Å²) in [7, 11) is 1.38. The van der Waals surface area contributed by atoms with Crippen LogP contribution in [0.3, 0.4) is 0 Å². The van der Waals surface area contributed by atoms with E-state index in [-0.39, 0.29) is 25.9 Å². The quantitative estimate of drug-likeness (QED) is 0.502. The molecule has 1 saturated heterocycles. The Bertz CT molecular complexity index is 422. The molecule has 0 aliphatic carbocycles. The SMILES string of the molecule is CCC(=O)O[C@H]1[C@H](OC)OC[C@@H](OC(=O)CC)[C@H]1OC(=O)CC. The maximum atomic E-state index is 11.7. The van der Waals surface area contributed by atoms with E-state index in [1.54, 1.807) is 20.8 Å². The van der Waals surface area contributed by atoms with Crippen LogP contribution in [0.15, 0.2) is 0 Å². The first kappa shape index (κ1) is 19.4. The molecule has 1 aliphatic rings. The highest BCUT2D eigenvalue weighted by atomic mass is 16.7. The minimum absolute atomic E-state index is 0.0217. The zero-order chi connectivity index (χ0) is 17.4. The maximum Gasteiger partial charge on any atom is 0.306 e. The highest BCUT2D eigenvalue weighted by Crippen LogP contribution is 2.25. The van der Waals surface area contributed by atoms with Crippen LogP contribution in [-0.2, 0) is 38.1 Å². The number of carbonyl (C=O) groups excluding carboxylic acids is 3. The lowest BCUT2D eigenvalue weighted by molar-refractivity contribution is -0.275. The van der Waals surface area contributed by atoms with Gasteiger partial charge in [-0.25, -0.2) is 0 Å². The number of methoxy groups -OCH3 is 1. The molecule has 4 atom stereocenters. The smallest absolute Gasteiger partial charge is 0.306 e. The Morgan fingerprint density at radius 3 is 1.83 bits per heavy atom. The van der Waals surface area contributed by atoms with E-state index in [0.717, 1.165) is 0 Å². The fourth-order valence-corrected chi connectivity index (χ4v) is 2.04. The fourth-order valence-electron chi connectivity index (χ4n) is 2.04. The third-order valence-electron chi connectivity index (χ3n) is 3.30. The molecule has 132 valence electrons. The van der Waals surface area contributed by atoms with Crippen molar-refractivity contribution in [1.29, 1.82) is 0 Å². The number of esters is 3. The fraction of sp³-hybridized carbons (Fsp3) is 0.800. The van der Waals surface area contributed by atoms with E-state index in [1.165, 1.54) is 7.11 Å². The van der Waals surface area contributed by atoms with Crippen molar-refractivity contribution in [1.82, 2.24) is 0 Å². The highest BCUT2D eigenvalue weighted by Gasteiger charge is 2.47. The molecule has 0 N–H and O–H groups in total. The van der Waals surface area contributed by atoms with Gasteiger partial charge in [0.15, 0.2) is 24.6 Å². The van der Waals surface area contributed by atoms with Gasteiger partial charge >= 0.3 is 17.9 Å². The van der Waals surface area contributed by atoms with Crippen LogP contribution >= 0.6 is 0 Å². The molecule has 0 aromatic heterocycles. The van der Waals surface area contributed by atoms with Crippen LogP contribution < -0.4 is 0 Å². The molecular weight excluding hydrogens is 308 g/mol. The van der Waals surface area contributed by atoms with E-state index in [2.05, 4.69) is 0 Å². The molecule has 1 aliphatic heterocycles. The molecule has 0 spiro atoms. The molecule has 1 rings (SSSR count). The first-order valence-corrected chi connectivity index (χ1v) is 7.69. The van der Waals surface area contributed by atoms with E-state index >= 15 is 0 Å². The lowest BCUT2D eigenvalue weighted by atomic mass is 10.0. The summed E-state index contributed by atoms with van der Waals surface area (Å²) < 4.78 is 26.4. The van der Waals surface area contributed by atoms with Crippen molar-refractivity contribution < 1.29 is 38.1 Å². The van der Waals surface area contributed by atoms with Gasteiger partial charge in [-0.2, -0.15) is 0 Å². The van der Waals surface area contributed by atoms with Crippen molar-refractivity contribution in [2.24, 2.45) is 0 Å². The van der Waals surface area contributed by atoms with Crippen LogP contribution in [0.2, 0.25) is 0 Å². The normalized spacial score (nSPS) is 27.1. The highest BCUT2D eigenvalue weighted by molar-refractivity contribution is 5.71. The molecule has 0 aromatic carbocycles. The van der Waals surface area contributed by atoms with Crippen LogP contribution in [0, 0.1) is 0 Å². The summed E-state index contributed by atoms with van der Waals surface area (Å²) in [6, 6.07) is 0. The summed E-state index contributed by atoms with van der Waals surface area (Å²) in [5, 5.41) is 0. The van der Waals surface area contributed by atoms with Crippen molar-refractivity contribution in [2.75, 3.05) is 13.7 Å². The summed E-state index contributed by atoms with van der Waals surface area (Å²) in [6.07, 6.45) is -3.31. The van der Waals surface area contributed by atoms with Gasteiger partial charge in [0.2, 0.25) is 0 Å². The molecular formula is C15H24O8. The Morgan fingerprint density at radius 2 is 1.35 bits per heavy atom. The number of rotatable bonds is 7. The van der Waals surface area contributed by atoms with Gasteiger partial charge in [-0.3, -0.25) is 14.4 Å². The van der Waals surface area contributed by atoms with Crippen LogP contribution in [0.1, 0.15) is 40.0 Å². The van der Waals surface area contributed by atoms with Gasteiger partial charge in [-0.05, 0) is 0 Å². The molecule has 0 unspecified atom stereocenters. The number of ether oxygens (including phenoxy) is 5. The Hall–Kier alpha value is -1.67. The molecule has 8 heteroatoms. The lowest BCUT2D eigenvalue weighted by Crippen LogP contribution is -2.58. The van der Waals surface area contributed by atoms with Crippen LogP contribution in [0.25, 0.3) is 0 Å². The minimum atomic E-state index is -1.01. The minimum Gasteiger partial charge on any atom is -0.456 e. The average Bonchev–Trinajstić information content (AvgIpc) is 2.56. The van der Waals surface area contributed by atoms with Crippen molar-refractivity contribution in [2.45, 2.75) is 64.6 Å². The van der Waals surface area contributed by atoms with Crippen LogP contribution in [0.4, 0.5) is 0 Å². The summed E-state index contributed by atoms with van der Waals surface area (Å²) >= 11 is 0. The van der Waals surface area contributed by atoms with Crippen molar-refractivity contribution in [3.8, 4) is 0 Å². The zero-order valence-electron chi connectivity index (χ0n) is 13.9. The molecule has 0 amide bonds. The van der Waals surface area contributed by atoms with E-state index in [0.29, 0.717) is 0 Å². The Morgan fingerprint density at radius 1 is 0.870 bits per heavy atom. The summed E-state index contributed by atoms with van der Waals surface area (Å²) in [5.74, 6) is -1.46. The number of hydrogen-bond donors (Lipinski definition) is 0. The first-order chi connectivity index (χ1) is 11.0.